The maximum Gasteiger partial charge on any atom is 0.233 e. The summed E-state index contributed by atoms with van der Waals surface area (Å²) in [5, 5.41) is 0. The van der Waals surface area contributed by atoms with Crippen LogP contribution in [0.4, 0.5) is 4.39 Å². The molecule has 7 heteroatoms. The van der Waals surface area contributed by atoms with Crippen LogP contribution in [0.3, 0.4) is 0 Å². The van der Waals surface area contributed by atoms with E-state index in [2.05, 4.69) is 15.9 Å². The lowest BCUT2D eigenvalue weighted by atomic mass is 9.76. The molecule has 1 aliphatic rings. The van der Waals surface area contributed by atoms with Gasteiger partial charge in [-0.1, -0.05) is 19.3 Å². The first kappa shape index (κ1) is 17.0. The Hall–Kier alpha value is -0.330. The molecule has 0 N–H and O–H groups in total. The zero-order valence-electron chi connectivity index (χ0n) is 11.4. The first-order valence-electron chi connectivity index (χ1n) is 6.80. The second kappa shape index (κ2) is 6.84. The fourth-order valence-corrected chi connectivity index (χ4v) is 4.98. The van der Waals surface area contributed by atoms with Crippen LogP contribution in [-0.2, 0) is 9.05 Å². The fourth-order valence-electron chi connectivity index (χ4n) is 2.82. The summed E-state index contributed by atoms with van der Waals surface area (Å²) in [5.41, 5.74) is -0.482. The summed E-state index contributed by atoms with van der Waals surface area (Å²) in [7, 11) is 1.84. The lowest BCUT2D eigenvalue weighted by Gasteiger charge is -2.36. The van der Waals surface area contributed by atoms with Gasteiger partial charge in [-0.25, -0.2) is 12.8 Å². The highest BCUT2D eigenvalue weighted by atomic mass is 79.9. The minimum Gasteiger partial charge on any atom is -0.492 e. The van der Waals surface area contributed by atoms with Gasteiger partial charge in [-0.15, -0.1) is 0 Å². The molecule has 0 aliphatic heterocycles. The number of halogens is 3. The average Bonchev–Trinajstić information content (AvgIpc) is 2.39. The second-order valence-electron chi connectivity index (χ2n) is 5.61. The highest BCUT2D eigenvalue weighted by molar-refractivity contribution is 9.10. The van der Waals surface area contributed by atoms with Gasteiger partial charge in [0.2, 0.25) is 9.05 Å². The van der Waals surface area contributed by atoms with Crippen molar-refractivity contribution in [1.82, 2.24) is 0 Å². The molecule has 0 amide bonds. The molecular weight excluding hydrogens is 383 g/mol. The highest BCUT2D eigenvalue weighted by Gasteiger charge is 2.37. The van der Waals surface area contributed by atoms with E-state index in [1.807, 2.05) is 0 Å². The van der Waals surface area contributed by atoms with Crippen molar-refractivity contribution in [1.29, 1.82) is 0 Å². The standard InChI is InChI=1S/C14H17BrClFO3S/c15-12-5-4-11(17)8-13(12)20-9-14(10-21(16,18)19)6-2-1-3-7-14/h4-5,8H,1-3,6-7,9-10H2. The van der Waals surface area contributed by atoms with Crippen molar-refractivity contribution in [3.05, 3.63) is 28.5 Å². The minimum absolute atomic E-state index is 0.103. The van der Waals surface area contributed by atoms with Gasteiger partial charge in [-0.3, -0.25) is 0 Å². The summed E-state index contributed by atoms with van der Waals surface area (Å²) < 4.78 is 42.6. The SMILES string of the molecule is O=S(=O)(Cl)CC1(COc2cc(F)ccc2Br)CCCCC1. The third-order valence-electron chi connectivity index (χ3n) is 3.82. The summed E-state index contributed by atoms with van der Waals surface area (Å²) in [6, 6.07) is 4.18. The molecule has 1 aromatic carbocycles. The lowest BCUT2D eigenvalue weighted by molar-refractivity contribution is 0.118. The monoisotopic (exact) mass is 398 g/mol. The fraction of sp³-hybridized carbons (Fsp3) is 0.571. The maximum absolute atomic E-state index is 13.3. The van der Waals surface area contributed by atoms with Crippen LogP contribution >= 0.6 is 26.6 Å². The Morgan fingerprint density at radius 2 is 1.95 bits per heavy atom. The molecular formula is C14H17BrClFO3S. The van der Waals surface area contributed by atoms with Crippen molar-refractivity contribution < 1.29 is 17.5 Å². The predicted octanol–water partition coefficient (Wildman–Crippen LogP) is 4.49. The van der Waals surface area contributed by atoms with Gasteiger partial charge in [-0.2, -0.15) is 0 Å². The minimum atomic E-state index is -3.60. The Morgan fingerprint density at radius 3 is 2.57 bits per heavy atom. The summed E-state index contributed by atoms with van der Waals surface area (Å²) in [6.45, 7) is 0.223. The van der Waals surface area contributed by atoms with Crippen LogP contribution < -0.4 is 4.74 Å². The van der Waals surface area contributed by atoms with Crippen LogP contribution in [0, 0.1) is 11.2 Å². The van der Waals surface area contributed by atoms with E-state index < -0.39 is 20.3 Å². The second-order valence-corrected chi connectivity index (χ2v) is 9.24. The van der Waals surface area contributed by atoms with E-state index in [0.717, 1.165) is 32.1 Å². The molecule has 1 aromatic rings. The van der Waals surface area contributed by atoms with E-state index in [1.165, 1.54) is 12.1 Å². The largest absolute Gasteiger partial charge is 0.492 e. The van der Waals surface area contributed by atoms with E-state index in [1.54, 1.807) is 6.07 Å². The molecule has 118 valence electrons. The zero-order valence-corrected chi connectivity index (χ0v) is 14.6. The van der Waals surface area contributed by atoms with Crippen LogP contribution in [0.15, 0.2) is 22.7 Å². The van der Waals surface area contributed by atoms with Gasteiger partial charge >= 0.3 is 0 Å². The maximum atomic E-state index is 13.3. The molecule has 0 atom stereocenters. The van der Waals surface area contributed by atoms with Gasteiger partial charge in [0.15, 0.2) is 0 Å². The summed E-state index contributed by atoms with van der Waals surface area (Å²) in [4.78, 5) is 0. The Labute approximate surface area is 137 Å². The first-order valence-corrected chi connectivity index (χ1v) is 10.1. The Bertz CT molecular complexity index is 600. The molecule has 0 spiro atoms. The molecule has 21 heavy (non-hydrogen) atoms. The number of benzene rings is 1. The molecule has 0 aromatic heterocycles. The van der Waals surface area contributed by atoms with Gasteiger partial charge < -0.3 is 4.74 Å². The third-order valence-corrected chi connectivity index (χ3v) is 5.76. The molecule has 1 saturated carbocycles. The molecule has 0 unspecified atom stereocenters. The van der Waals surface area contributed by atoms with Crippen molar-refractivity contribution in [2.24, 2.45) is 5.41 Å². The smallest absolute Gasteiger partial charge is 0.233 e. The van der Waals surface area contributed by atoms with Gasteiger partial charge in [0.1, 0.15) is 11.6 Å². The van der Waals surface area contributed by atoms with Crippen LogP contribution in [0.2, 0.25) is 0 Å². The van der Waals surface area contributed by atoms with E-state index >= 15 is 0 Å². The zero-order chi connectivity index (χ0) is 15.5. The first-order chi connectivity index (χ1) is 9.80. The number of hydrogen-bond acceptors (Lipinski definition) is 3. The van der Waals surface area contributed by atoms with Crippen LogP contribution in [0.5, 0.6) is 5.75 Å². The van der Waals surface area contributed by atoms with Crippen molar-refractivity contribution in [2.75, 3.05) is 12.4 Å². The molecule has 0 radical (unpaired) electrons. The molecule has 1 fully saturated rings. The van der Waals surface area contributed by atoms with Crippen molar-refractivity contribution in [2.45, 2.75) is 32.1 Å². The highest BCUT2D eigenvalue weighted by Crippen LogP contribution is 2.39. The van der Waals surface area contributed by atoms with Gasteiger partial charge in [0.25, 0.3) is 0 Å². The average molecular weight is 400 g/mol. The lowest BCUT2D eigenvalue weighted by Crippen LogP contribution is -2.36. The molecule has 0 bridgehead atoms. The van der Waals surface area contributed by atoms with Crippen molar-refractivity contribution >= 4 is 35.7 Å². The number of ether oxygens (including phenoxy) is 1. The van der Waals surface area contributed by atoms with E-state index in [4.69, 9.17) is 15.4 Å². The molecule has 3 nitrogen and oxygen atoms in total. The summed E-state index contributed by atoms with van der Waals surface area (Å²) >= 11 is 3.30. The number of rotatable bonds is 5. The third kappa shape index (κ3) is 5.11. The Kier molecular flexibility index (Phi) is 5.54. The van der Waals surface area contributed by atoms with E-state index in [0.29, 0.717) is 10.2 Å². The van der Waals surface area contributed by atoms with Crippen molar-refractivity contribution in [3.63, 3.8) is 0 Å². The molecule has 2 rings (SSSR count). The van der Waals surface area contributed by atoms with Crippen LogP contribution in [0.25, 0.3) is 0 Å². The van der Waals surface area contributed by atoms with Crippen molar-refractivity contribution in [3.8, 4) is 5.75 Å². The summed E-state index contributed by atoms with van der Waals surface area (Å²) in [6.07, 6.45) is 4.52. The Morgan fingerprint density at radius 1 is 1.29 bits per heavy atom. The normalized spacial score (nSPS) is 18.4. The molecule has 0 saturated heterocycles. The number of hydrogen-bond donors (Lipinski definition) is 0. The van der Waals surface area contributed by atoms with Crippen LogP contribution in [-0.4, -0.2) is 20.8 Å². The topological polar surface area (TPSA) is 43.4 Å². The van der Waals surface area contributed by atoms with E-state index in [9.17, 15) is 12.8 Å². The quantitative estimate of drug-likeness (QED) is 0.685. The summed E-state index contributed by atoms with van der Waals surface area (Å²) in [5.74, 6) is -0.114. The molecule has 1 aliphatic carbocycles. The predicted molar refractivity (Wildman–Crippen MR) is 84.8 cm³/mol. The van der Waals surface area contributed by atoms with Gasteiger partial charge in [0, 0.05) is 22.2 Å². The Balaban J connectivity index is 2.14. The van der Waals surface area contributed by atoms with Gasteiger partial charge in [0.05, 0.1) is 16.8 Å². The van der Waals surface area contributed by atoms with Crippen LogP contribution in [0.1, 0.15) is 32.1 Å². The van der Waals surface area contributed by atoms with E-state index in [-0.39, 0.29) is 12.4 Å². The molecule has 0 heterocycles. The van der Waals surface area contributed by atoms with Gasteiger partial charge in [-0.05, 0) is 40.9 Å².